The molecule has 2 aromatic heterocycles. The van der Waals surface area contributed by atoms with Gasteiger partial charge in [-0.15, -0.1) is 0 Å². The molecule has 1 amide bonds. The van der Waals surface area contributed by atoms with Crippen molar-refractivity contribution in [3.8, 4) is 22.9 Å². The maximum Gasteiger partial charge on any atom is 0.217 e. The van der Waals surface area contributed by atoms with Gasteiger partial charge in [-0.05, 0) is 35.9 Å². The lowest BCUT2D eigenvalue weighted by atomic mass is 10.1. The first-order valence-electron chi connectivity index (χ1n) is 10.7. The molecule has 0 saturated heterocycles. The Morgan fingerprint density at radius 3 is 2.76 bits per heavy atom. The summed E-state index contributed by atoms with van der Waals surface area (Å²) in [5.74, 6) is 2.68. The minimum Gasteiger partial charge on any atom is -0.457 e. The van der Waals surface area contributed by atoms with Gasteiger partial charge >= 0.3 is 0 Å². The predicted molar refractivity (Wildman–Crippen MR) is 127 cm³/mol. The van der Waals surface area contributed by atoms with Gasteiger partial charge < -0.3 is 15.0 Å². The minimum atomic E-state index is -0.0913. The molecule has 33 heavy (non-hydrogen) atoms. The van der Waals surface area contributed by atoms with Crippen LogP contribution >= 0.6 is 0 Å². The average Bonchev–Trinajstić information content (AvgIpc) is 3.49. The average molecular weight is 438 g/mol. The zero-order valence-corrected chi connectivity index (χ0v) is 18.1. The molecule has 2 heterocycles. The second kappa shape index (κ2) is 9.00. The van der Waals surface area contributed by atoms with Crippen molar-refractivity contribution < 1.29 is 9.53 Å². The third-order valence-corrected chi connectivity index (χ3v) is 5.38. The molecule has 0 aliphatic heterocycles. The van der Waals surface area contributed by atoms with E-state index < -0.39 is 0 Å². The molecule has 0 fully saturated rings. The maximum absolute atomic E-state index is 11.5. The lowest BCUT2D eigenvalue weighted by molar-refractivity contribution is -0.119. The first kappa shape index (κ1) is 20.5. The van der Waals surface area contributed by atoms with Crippen molar-refractivity contribution in [3.63, 3.8) is 0 Å². The highest BCUT2D eigenvalue weighted by molar-refractivity contribution is 5.86. The number of benzene rings is 3. The summed E-state index contributed by atoms with van der Waals surface area (Å²) in [6, 6.07) is 23.7. The molecule has 0 atom stereocenters. The van der Waals surface area contributed by atoms with Gasteiger partial charge in [0.1, 0.15) is 17.3 Å². The van der Waals surface area contributed by atoms with Crippen molar-refractivity contribution >= 4 is 16.8 Å². The summed E-state index contributed by atoms with van der Waals surface area (Å²) in [5.41, 5.74) is 3.93. The molecule has 0 aliphatic rings. The molecule has 7 heteroatoms. The molecule has 0 unspecified atom stereocenters. The van der Waals surface area contributed by atoms with Crippen LogP contribution < -0.4 is 10.1 Å². The molecule has 7 nitrogen and oxygen atoms in total. The summed E-state index contributed by atoms with van der Waals surface area (Å²) in [6.07, 6.45) is 2.57. The highest BCUT2D eigenvalue weighted by Gasteiger charge is 2.13. The molecule has 0 saturated carbocycles. The van der Waals surface area contributed by atoms with Gasteiger partial charge in [0.25, 0.3) is 0 Å². The predicted octanol–water partition coefficient (Wildman–Crippen LogP) is 4.97. The van der Waals surface area contributed by atoms with Gasteiger partial charge in [0.15, 0.2) is 5.82 Å². The van der Waals surface area contributed by atoms with E-state index in [-0.39, 0.29) is 5.91 Å². The number of rotatable bonds is 7. The van der Waals surface area contributed by atoms with E-state index in [1.807, 2.05) is 66.9 Å². The second-order valence-corrected chi connectivity index (χ2v) is 7.79. The number of nitrogens with one attached hydrogen (secondary N) is 3. The molecule has 164 valence electrons. The van der Waals surface area contributed by atoms with E-state index in [1.54, 1.807) is 0 Å². The Balaban J connectivity index is 1.40. The standard InChI is InChI=1S/C26H23N5O2/c1-17(32)28-16-22-21-12-13-27-23(21)10-11-24(22)33-20-9-5-8-19(15-20)26-29-25(30-31-26)14-18-6-3-2-4-7-18/h2-13,15,27H,14,16H2,1H3,(H,28,32)(H,29,30,31). The Labute approximate surface area is 190 Å². The number of nitrogens with zero attached hydrogens (tertiary/aromatic N) is 2. The zero-order chi connectivity index (χ0) is 22.6. The van der Waals surface area contributed by atoms with Crippen molar-refractivity contribution in [2.75, 3.05) is 0 Å². The Morgan fingerprint density at radius 2 is 1.91 bits per heavy atom. The Kier molecular flexibility index (Phi) is 5.59. The summed E-state index contributed by atoms with van der Waals surface area (Å²) in [4.78, 5) is 19.4. The van der Waals surface area contributed by atoms with Crippen LogP contribution in [0.1, 0.15) is 23.9 Å². The van der Waals surface area contributed by atoms with Crippen LogP contribution in [0, 0.1) is 0 Å². The van der Waals surface area contributed by atoms with Gasteiger partial charge in [-0.25, -0.2) is 4.98 Å². The molecule has 3 N–H and O–H groups in total. The van der Waals surface area contributed by atoms with Crippen LogP contribution in [0.2, 0.25) is 0 Å². The first-order chi connectivity index (χ1) is 16.2. The van der Waals surface area contributed by atoms with Crippen LogP contribution in [0.4, 0.5) is 0 Å². The highest BCUT2D eigenvalue weighted by Crippen LogP contribution is 2.32. The van der Waals surface area contributed by atoms with E-state index in [1.165, 1.54) is 12.5 Å². The molecule has 0 bridgehead atoms. The molecule has 5 aromatic rings. The molecule has 0 aliphatic carbocycles. The van der Waals surface area contributed by atoms with Gasteiger partial charge in [-0.2, -0.15) is 5.10 Å². The van der Waals surface area contributed by atoms with Crippen LogP contribution in [0.15, 0.2) is 79.0 Å². The van der Waals surface area contributed by atoms with E-state index in [4.69, 9.17) is 4.74 Å². The third kappa shape index (κ3) is 4.62. The number of carbonyl (C=O) groups is 1. The molecule has 5 rings (SSSR count). The third-order valence-electron chi connectivity index (χ3n) is 5.38. The smallest absolute Gasteiger partial charge is 0.217 e. The lowest BCUT2D eigenvalue weighted by Crippen LogP contribution is -2.19. The first-order valence-corrected chi connectivity index (χ1v) is 10.7. The van der Waals surface area contributed by atoms with Crippen LogP contribution in [0.5, 0.6) is 11.5 Å². The quantitative estimate of drug-likeness (QED) is 0.335. The van der Waals surface area contributed by atoms with Crippen LogP contribution in [0.3, 0.4) is 0 Å². The maximum atomic E-state index is 11.5. The van der Waals surface area contributed by atoms with Crippen molar-refractivity contribution in [2.24, 2.45) is 0 Å². The van der Waals surface area contributed by atoms with Gasteiger partial charge in [-0.3, -0.25) is 9.89 Å². The SMILES string of the molecule is CC(=O)NCc1c(Oc2cccc(-c3n[nH]c(Cc4ccccc4)n3)c2)ccc2[nH]ccc12. The fourth-order valence-corrected chi connectivity index (χ4v) is 3.78. The second-order valence-electron chi connectivity index (χ2n) is 7.79. The fourth-order valence-electron chi connectivity index (χ4n) is 3.78. The number of aromatic amines is 2. The summed E-state index contributed by atoms with van der Waals surface area (Å²) in [7, 11) is 0. The van der Waals surface area contributed by atoms with E-state index in [2.05, 4.69) is 37.6 Å². The van der Waals surface area contributed by atoms with Crippen LogP contribution in [-0.2, 0) is 17.8 Å². The number of aromatic nitrogens is 4. The molecular formula is C26H23N5O2. The monoisotopic (exact) mass is 437 g/mol. The van der Waals surface area contributed by atoms with E-state index in [9.17, 15) is 4.79 Å². The fraction of sp³-hybridized carbons (Fsp3) is 0.115. The van der Waals surface area contributed by atoms with E-state index >= 15 is 0 Å². The number of H-pyrrole nitrogens is 2. The summed E-state index contributed by atoms with van der Waals surface area (Å²) >= 11 is 0. The summed E-state index contributed by atoms with van der Waals surface area (Å²) < 4.78 is 6.25. The van der Waals surface area contributed by atoms with Crippen LogP contribution in [0.25, 0.3) is 22.3 Å². The van der Waals surface area contributed by atoms with Crippen molar-refractivity contribution in [1.82, 2.24) is 25.5 Å². The highest BCUT2D eigenvalue weighted by atomic mass is 16.5. The Morgan fingerprint density at radius 1 is 1.03 bits per heavy atom. The topological polar surface area (TPSA) is 95.7 Å². The Bertz CT molecular complexity index is 1400. The number of amides is 1. The van der Waals surface area contributed by atoms with Crippen molar-refractivity contribution in [2.45, 2.75) is 19.9 Å². The summed E-state index contributed by atoms with van der Waals surface area (Å²) in [6.45, 7) is 1.88. The number of fused-ring (bicyclic) bond motifs is 1. The zero-order valence-electron chi connectivity index (χ0n) is 18.1. The normalized spacial score (nSPS) is 10.9. The number of carbonyl (C=O) groups excluding carboxylic acids is 1. The molecule has 0 spiro atoms. The Hall–Kier alpha value is -4.39. The number of ether oxygens (including phenoxy) is 1. The summed E-state index contributed by atoms with van der Waals surface area (Å²) in [5, 5.41) is 11.3. The number of hydrogen-bond acceptors (Lipinski definition) is 4. The number of hydrogen-bond donors (Lipinski definition) is 3. The molecule has 0 radical (unpaired) electrons. The minimum absolute atomic E-state index is 0.0913. The lowest BCUT2D eigenvalue weighted by Gasteiger charge is -2.13. The molecular weight excluding hydrogens is 414 g/mol. The largest absolute Gasteiger partial charge is 0.457 e. The van der Waals surface area contributed by atoms with Gasteiger partial charge in [0, 0.05) is 48.1 Å². The van der Waals surface area contributed by atoms with Crippen molar-refractivity contribution in [1.29, 1.82) is 0 Å². The molecule has 3 aromatic carbocycles. The van der Waals surface area contributed by atoms with Crippen molar-refractivity contribution in [3.05, 3.63) is 95.9 Å². The van der Waals surface area contributed by atoms with Gasteiger partial charge in [0.2, 0.25) is 5.91 Å². The van der Waals surface area contributed by atoms with E-state index in [0.717, 1.165) is 27.9 Å². The van der Waals surface area contributed by atoms with E-state index in [0.29, 0.717) is 30.3 Å². The van der Waals surface area contributed by atoms with Crippen LogP contribution in [-0.4, -0.2) is 26.1 Å². The van der Waals surface area contributed by atoms with Gasteiger partial charge in [-0.1, -0.05) is 42.5 Å². The van der Waals surface area contributed by atoms with Gasteiger partial charge in [0.05, 0.1) is 0 Å².